The van der Waals surface area contributed by atoms with E-state index in [2.05, 4.69) is 73.7 Å². The Morgan fingerprint density at radius 3 is 2.47 bits per heavy atom. The quantitative estimate of drug-likeness (QED) is 0.141. The molecule has 0 aromatic carbocycles. The first-order valence-corrected chi connectivity index (χ1v) is 15.4. The summed E-state index contributed by atoms with van der Waals surface area (Å²) >= 11 is 0. The molecule has 0 radical (unpaired) electrons. The van der Waals surface area contributed by atoms with Crippen LogP contribution in [0.3, 0.4) is 0 Å². The maximum Gasteiger partial charge on any atom is 0.191 e. The van der Waals surface area contributed by atoms with Crippen molar-refractivity contribution in [3.8, 4) is 0 Å². The van der Waals surface area contributed by atoms with Crippen LogP contribution in [0.1, 0.15) is 74.1 Å². The maximum atomic E-state index is 6.62. The van der Waals surface area contributed by atoms with Crippen molar-refractivity contribution in [3.05, 3.63) is 23.3 Å². The third-order valence-corrected chi connectivity index (χ3v) is 12.9. The molecule has 0 unspecified atom stereocenters. The summed E-state index contributed by atoms with van der Waals surface area (Å²) in [5.74, 6) is 1.31. The second-order valence-corrected chi connectivity index (χ2v) is 16.8. The van der Waals surface area contributed by atoms with Crippen LogP contribution in [0.5, 0.6) is 0 Å². The standard InChI is InChI=1S/C27H50O4Si/c1-20(2)24-14-12-22(27(24,7)15-16-30-32(9,10)26(4,5)6)17-25-21(3)11-13-23(31-25)18-29-19-28-8/h11-12,20,23-25H,13-19H2,1-10H3/t23-,24-,25-,27+/m0/s1. The van der Waals surface area contributed by atoms with Gasteiger partial charge < -0.3 is 18.6 Å². The van der Waals surface area contributed by atoms with Gasteiger partial charge in [-0.05, 0) is 73.6 Å². The van der Waals surface area contributed by atoms with Gasteiger partial charge in [-0.25, -0.2) is 0 Å². The number of allylic oxidation sites excluding steroid dienone is 1. The molecule has 2 aliphatic rings. The van der Waals surface area contributed by atoms with E-state index in [0.717, 1.165) is 25.9 Å². The molecule has 0 saturated carbocycles. The van der Waals surface area contributed by atoms with Gasteiger partial charge >= 0.3 is 0 Å². The minimum absolute atomic E-state index is 0.106. The Kier molecular flexibility index (Phi) is 9.82. The molecule has 5 heteroatoms. The van der Waals surface area contributed by atoms with E-state index >= 15 is 0 Å². The third kappa shape index (κ3) is 6.79. The Balaban J connectivity index is 2.08. The van der Waals surface area contributed by atoms with Crippen molar-refractivity contribution in [2.24, 2.45) is 17.3 Å². The van der Waals surface area contributed by atoms with E-state index in [0.29, 0.717) is 25.2 Å². The lowest BCUT2D eigenvalue weighted by Gasteiger charge is -2.41. The fraction of sp³-hybridized carbons (Fsp3) is 0.852. The van der Waals surface area contributed by atoms with E-state index in [1.165, 1.54) is 12.0 Å². The normalized spacial score (nSPS) is 29.4. The maximum absolute atomic E-state index is 6.62. The van der Waals surface area contributed by atoms with E-state index in [-0.39, 0.29) is 22.7 Å². The zero-order valence-electron chi connectivity index (χ0n) is 22.5. The summed E-state index contributed by atoms with van der Waals surface area (Å²) in [5, 5.41) is 0.247. The highest BCUT2D eigenvalue weighted by atomic mass is 28.4. The van der Waals surface area contributed by atoms with Gasteiger partial charge in [0.15, 0.2) is 8.32 Å². The molecular formula is C27H50O4Si. The van der Waals surface area contributed by atoms with E-state index in [1.807, 2.05) is 0 Å². The predicted molar refractivity (Wildman–Crippen MR) is 136 cm³/mol. The highest BCUT2D eigenvalue weighted by molar-refractivity contribution is 6.74. The second-order valence-electron chi connectivity index (χ2n) is 12.0. The van der Waals surface area contributed by atoms with E-state index in [1.54, 1.807) is 12.7 Å². The molecule has 2 rings (SSSR count). The minimum Gasteiger partial charge on any atom is -0.417 e. The van der Waals surface area contributed by atoms with Gasteiger partial charge in [0.05, 0.1) is 18.8 Å². The zero-order valence-corrected chi connectivity index (χ0v) is 23.5. The predicted octanol–water partition coefficient (Wildman–Crippen LogP) is 7.12. The molecule has 1 aliphatic carbocycles. The van der Waals surface area contributed by atoms with Crippen molar-refractivity contribution in [1.82, 2.24) is 0 Å². The van der Waals surface area contributed by atoms with Crippen LogP contribution in [0.4, 0.5) is 0 Å². The van der Waals surface area contributed by atoms with E-state index in [9.17, 15) is 0 Å². The smallest absolute Gasteiger partial charge is 0.191 e. The summed E-state index contributed by atoms with van der Waals surface area (Å²) in [6, 6.07) is 0. The number of rotatable bonds is 11. The van der Waals surface area contributed by atoms with Gasteiger partial charge in [0.1, 0.15) is 6.79 Å². The van der Waals surface area contributed by atoms with Crippen molar-refractivity contribution in [1.29, 1.82) is 0 Å². The van der Waals surface area contributed by atoms with Crippen LogP contribution in [0.25, 0.3) is 0 Å². The number of hydrogen-bond donors (Lipinski definition) is 0. The molecule has 32 heavy (non-hydrogen) atoms. The molecule has 186 valence electrons. The molecular weight excluding hydrogens is 416 g/mol. The monoisotopic (exact) mass is 466 g/mol. The third-order valence-electron chi connectivity index (χ3n) is 8.34. The molecule has 1 aliphatic heterocycles. The summed E-state index contributed by atoms with van der Waals surface area (Å²) in [7, 11) is -0.0823. The zero-order chi connectivity index (χ0) is 24.2. The van der Waals surface area contributed by atoms with Crippen molar-refractivity contribution >= 4 is 8.32 Å². The largest absolute Gasteiger partial charge is 0.417 e. The lowest BCUT2D eigenvalue weighted by Crippen LogP contribution is -2.42. The van der Waals surface area contributed by atoms with Gasteiger partial charge in [-0.3, -0.25) is 0 Å². The Bertz CT molecular complexity index is 661. The summed E-state index contributed by atoms with van der Waals surface area (Å²) in [6.07, 6.45) is 9.23. The summed E-state index contributed by atoms with van der Waals surface area (Å²) in [5.41, 5.74) is 3.08. The van der Waals surface area contributed by atoms with Crippen molar-refractivity contribution in [2.75, 3.05) is 27.1 Å². The van der Waals surface area contributed by atoms with Crippen molar-refractivity contribution in [3.63, 3.8) is 0 Å². The number of hydrogen-bond acceptors (Lipinski definition) is 4. The minimum atomic E-state index is -1.74. The highest BCUT2D eigenvalue weighted by Gasteiger charge is 2.44. The van der Waals surface area contributed by atoms with Crippen LogP contribution in [0.15, 0.2) is 23.3 Å². The summed E-state index contributed by atoms with van der Waals surface area (Å²) < 4.78 is 23.7. The molecule has 1 heterocycles. The summed E-state index contributed by atoms with van der Waals surface area (Å²) in [6.45, 7) is 22.9. The molecule has 0 saturated heterocycles. The first kappa shape index (κ1) is 27.8. The van der Waals surface area contributed by atoms with Crippen LogP contribution in [-0.2, 0) is 18.6 Å². The number of ether oxygens (including phenoxy) is 3. The van der Waals surface area contributed by atoms with E-state index in [4.69, 9.17) is 18.6 Å². The Labute approximate surface area is 199 Å². The van der Waals surface area contributed by atoms with Gasteiger partial charge in [-0.2, -0.15) is 0 Å². The Morgan fingerprint density at radius 1 is 1.19 bits per heavy atom. The fourth-order valence-electron chi connectivity index (χ4n) is 5.03. The molecule has 4 atom stereocenters. The molecule has 0 spiro atoms. The topological polar surface area (TPSA) is 36.9 Å². The van der Waals surface area contributed by atoms with Gasteiger partial charge in [0.2, 0.25) is 0 Å². The first-order chi connectivity index (χ1) is 14.8. The van der Waals surface area contributed by atoms with Gasteiger partial charge in [-0.15, -0.1) is 0 Å². The van der Waals surface area contributed by atoms with Crippen LogP contribution in [0.2, 0.25) is 18.1 Å². The lowest BCUT2D eigenvalue weighted by molar-refractivity contribution is -0.0947. The van der Waals surface area contributed by atoms with Crippen molar-refractivity contribution < 1.29 is 18.6 Å². The van der Waals surface area contributed by atoms with Crippen molar-refractivity contribution in [2.45, 2.75) is 104 Å². The first-order valence-electron chi connectivity index (χ1n) is 12.5. The second kappa shape index (κ2) is 11.3. The summed E-state index contributed by atoms with van der Waals surface area (Å²) in [4.78, 5) is 0. The molecule has 0 amide bonds. The molecule has 0 N–H and O–H groups in total. The number of methoxy groups -OCH3 is 1. The Morgan fingerprint density at radius 2 is 1.88 bits per heavy atom. The lowest BCUT2D eigenvalue weighted by atomic mass is 9.67. The van der Waals surface area contributed by atoms with Gasteiger partial charge in [-0.1, -0.05) is 59.3 Å². The molecule has 0 fully saturated rings. The van der Waals surface area contributed by atoms with Crippen LogP contribution >= 0.6 is 0 Å². The average Bonchev–Trinajstić information content (AvgIpc) is 3.00. The fourth-order valence-corrected chi connectivity index (χ4v) is 6.07. The van der Waals surface area contributed by atoms with Crippen LogP contribution in [0, 0.1) is 17.3 Å². The molecule has 4 nitrogen and oxygen atoms in total. The van der Waals surface area contributed by atoms with Gasteiger partial charge in [0.25, 0.3) is 0 Å². The van der Waals surface area contributed by atoms with Crippen LogP contribution in [-0.4, -0.2) is 47.6 Å². The molecule has 0 bridgehead atoms. The SMILES string of the molecule is COCOC[C@@H]1CC=C(C)[C@H](CC2=CC[C@@H](C(C)C)[C@]2(C)CCO[Si](C)(C)C(C)(C)C)O1. The average molecular weight is 467 g/mol. The highest BCUT2D eigenvalue weighted by Crippen LogP contribution is 2.52. The van der Waals surface area contributed by atoms with Gasteiger partial charge in [0, 0.05) is 13.7 Å². The molecule has 0 aromatic rings. The Hall–Kier alpha value is -0.463. The van der Waals surface area contributed by atoms with E-state index < -0.39 is 8.32 Å². The molecule has 0 aromatic heterocycles. The van der Waals surface area contributed by atoms with Crippen LogP contribution < -0.4 is 0 Å².